The molecule has 0 saturated heterocycles. The molecule has 8 heteroatoms. The summed E-state index contributed by atoms with van der Waals surface area (Å²) < 4.78 is 31.4. The van der Waals surface area contributed by atoms with E-state index in [0.29, 0.717) is 6.04 Å². The molecule has 1 atom stereocenters. The monoisotopic (exact) mass is 270 g/mol. The Kier molecular flexibility index (Phi) is 7.76. The lowest BCUT2D eigenvalue weighted by Crippen LogP contribution is -2.43. The molecule has 0 radical (unpaired) electrons. The van der Waals surface area contributed by atoms with Gasteiger partial charge in [-0.2, -0.15) is 0 Å². The maximum atomic E-state index is 11.3. The zero-order valence-electron chi connectivity index (χ0n) is 9.98. The van der Waals surface area contributed by atoms with Gasteiger partial charge < -0.3 is 17.5 Å². The van der Waals surface area contributed by atoms with Crippen molar-refractivity contribution < 1.29 is 26.5 Å². The quantitative estimate of drug-likeness (QED) is 0.598. The Hall–Kier alpha value is -0.283. The highest BCUT2D eigenvalue weighted by atomic mass is 32.2. The highest BCUT2D eigenvalue weighted by molar-refractivity contribution is 7.80. The number of rotatable bonds is 8. The summed E-state index contributed by atoms with van der Waals surface area (Å²) >= 11 is -1.66. The average Bonchev–Trinajstić information content (AvgIpc) is 2.31. The van der Waals surface area contributed by atoms with Crippen LogP contribution < -0.4 is 0 Å². The van der Waals surface area contributed by atoms with Crippen LogP contribution in [0.1, 0.15) is 13.3 Å². The van der Waals surface area contributed by atoms with E-state index >= 15 is 0 Å². The lowest BCUT2D eigenvalue weighted by atomic mass is 10.5. The van der Waals surface area contributed by atoms with E-state index in [9.17, 15) is 9.00 Å². The molecule has 0 fully saturated rings. The van der Waals surface area contributed by atoms with Gasteiger partial charge in [-0.05, 0) is 0 Å². The molecule has 0 amide bonds. The fourth-order valence-electron chi connectivity index (χ4n) is 0.969. The topological polar surface area (TPSA) is 71.1 Å². The molecule has 0 aromatic carbocycles. The first-order valence-corrected chi connectivity index (χ1v) is 7.96. The molecule has 0 aromatic rings. The summed E-state index contributed by atoms with van der Waals surface area (Å²) in [7, 11) is 1.69. The van der Waals surface area contributed by atoms with E-state index in [2.05, 4.69) is 4.18 Å². The van der Waals surface area contributed by atoms with Crippen LogP contribution in [0.3, 0.4) is 0 Å². The summed E-state index contributed by atoms with van der Waals surface area (Å²) in [5.41, 5.74) is 0. The van der Waals surface area contributed by atoms with Gasteiger partial charge in [0.05, 0.1) is 5.75 Å². The Morgan fingerprint density at radius 3 is 2.06 bits per heavy atom. The minimum Gasteiger partial charge on any atom is -0.377 e. The van der Waals surface area contributed by atoms with E-state index < -0.39 is 25.9 Å². The zero-order valence-corrected chi connectivity index (χ0v) is 11.8. The molecule has 0 aliphatic carbocycles. The Morgan fingerprint density at radius 1 is 1.19 bits per heavy atom. The van der Waals surface area contributed by atoms with Crippen molar-refractivity contribution >= 4 is 25.9 Å². The van der Waals surface area contributed by atoms with Crippen LogP contribution in [0.15, 0.2) is 0 Å². The minimum absolute atomic E-state index is 0.146. The van der Waals surface area contributed by atoms with Gasteiger partial charge in [-0.1, -0.05) is 6.92 Å². The van der Waals surface area contributed by atoms with Crippen LogP contribution >= 0.6 is 0 Å². The van der Waals surface area contributed by atoms with Gasteiger partial charge in [-0.15, -0.1) is 0 Å². The Morgan fingerprint density at radius 2 is 1.69 bits per heavy atom. The molecule has 16 heavy (non-hydrogen) atoms. The fourth-order valence-corrected chi connectivity index (χ4v) is 4.16. The van der Waals surface area contributed by atoms with Crippen LogP contribution in [-0.2, 0) is 33.3 Å². The van der Waals surface area contributed by atoms with Crippen LogP contribution in [0.4, 0.5) is 0 Å². The van der Waals surface area contributed by atoms with Crippen molar-refractivity contribution in [2.45, 2.75) is 19.4 Å². The Labute approximate surface area is 99.2 Å². The van der Waals surface area contributed by atoms with E-state index in [-0.39, 0.29) is 12.2 Å². The number of hydrogen-bond acceptors (Lipinski definition) is 6. The van der Waals surface area contributed by atoms with Crippen molar-refractivity contribution in [1.29, 1.82) is 0 Å². The third kappa shape index (κ3) is 5.17. The van der Waals surface area contributed by atoms with Crippen LogP contribution in [0.2, 0.25) is 6.04 Å². The predicted octanol–water partition coefficient (Wildman–Crippen LogP) is 0.481. The van der Waals surface area contributed by atoms with Gasteiger partial charge in [0.2, 0.25) is 11.1 Å². The smallest absolute Gasteiger partial charge is 0.377 e. The normalized spacial score (nSPS) is 13.5. The Balaban J connectivity index is 4.11. The molecular weight excluding hydrogens is 252 g/mol. The summed E-state index contributed by atoms with van der Waals surface area (Å²) in [5.74, 6) is -0.342. The Bertz CT molecular complexity index is 234. The fraction of sp³-hybridized carbons (Fsp3) is 0.875. The molecule has 96 valence electrons. The second-order valence-electron chi connectivity index (χ2n) is 2.86. The van der Waals surface area contributed by atoms with Gasteiger partial charge in [0.25, 0.3) is 0 Å². The van der Waals surface area contributed by atoms with Crippen LogP contribution in [0.5, 0.6) is 0 Å². The van der Waals surface area contributed by atoms with Crippen LogP contribution in [0, 0.1) is 0 Å². The number of hydrogen-bond donors (Lipinski definition) is 0. The molecular formula is C8H18O6SSi. The molecule has 1 unspecified atom stereocenters. The third-order valence-electron chi connectivity index (χ3n) is 1.98. The van der Waals surface area contributed by atoms with Crippen molar-refractivity contribution in [3.63, 3.8) is 0 Å². The van der Waals surface area contributed by atoms with E-state index in [1.165, 1.54) is 21.3 Å². The number of carbonyl (C=O) groups excluding carboxylic acids is 1. The molecule has 0 rings (SSSR count). The second-order valence-corrected chi connectivity index (χ2v) is 7.14. The number of carbonyl (C=O) groups is 1. The molecule has 0 N–H and O–H groups in total. The summed E-state index contributed by atoms with van der Waals surface area (Å²) in [6, 6.07) is 0.333. The lowest BCUT2D eigenvalue weighted by molar-refractivity contribution is -0.133. The second kappa shape index (κ2) is 7.90. The van der Waals surface area contributed by atoms with Gasteiger partial charge in [-0.3, -0.25) is 4.79 Å². The molecule has 6 nitrogen and oxygen atoms in total. The van der Waals surface area contributed by atoms with Crippen molar-refractivity contribution in [2.24, 2.45) is 0 Å². The molecule has 0 aliphatic rings. The third-order valence-corrected chi connectivity index (χ3v) is 5.98. The van der Waals surface area contributed by atoms with Crippen molar-refractivity contribution in [1.82, 2.24) is 0 Å². The largest absolute Gasteiger partial charge is 0.501 e. The standard InChI is InChI=1S/C8H18O6SSi/c1-5-8(9)14-15(10)6-7-16(11-2,12-3)13-4/h5-7H2,1-4H3. The van der Waals surface area contributed by atoms with Crippen LogP contribution in [-0.4, -0.2) is 46.1 Å². The van der Waals surface area contributed by atoms with E-state index in [1.54, 1.807) is 6.92 Å². The van der Waals surface area contributed by atoms with Gasteiger partial charge in [0.15, 0.2) is 0 Å². The lowest BCUT2D eigenvalue weighted by Gasteiger charge is -2.23. The van der Waals surface area contributed by atoms with E-state index in [1.807, 2.05) is 0 Å². The zero-order chi connectivity index (χ0) is 12.6. The minimum atomic E-state index is -2.73. The van der Waals surface area contributed by atoms with E-state index in [0.717, 1.165) is 0 Å². The molecule has 0 saturated carbocycles. The molecule has 0 bridgehead atoms. The molecule has 0 heterocycles. The SMILES string of the molecule is CCC(=O)OS(=O)CC[Si](OC)(OC)OC. The first-order valence-electron chi connectivity index (χ1n) is 4.78. The van der Waals surface area contributed by atoms with Gasteiger partial charge >= 0.3 is 14.8 Å². The average molecular weight is 270 g/mol. The maximum absolute atomic E-state index is 11.3. The van der Waals surface area contributed by atoms with Crippen molar-refractivity contribution in [2.75, 3.05) is 27.1 Å². The van der Waals surface area contributed by atoms with Crippen molar-refractivity contribution in [3.8, 4) is 0 Å². The highest BCUT2D eigenvalue weighted by Crippen LogP contribution is 2.13. The maximum Gasteiger partial charge on any atom is 0.501 e. The van der Waals surface area contributed by atoms with E-state index in [4.69, 9.17) is 13.3 Å². The van der Waals surface area contributed by atoms with Gasteiger partial charge in [0.1, 0.15) is 0 Å². The van der Waals surface area contributed by atoms with Gasteiger partial charge in [-0.25, -0.2) is 4.21 Å². The molecule has 0 spiro atoms. The molecule has 0 aliphatic heterocycles. The highest BCUT2D eigenvalue weighted by Gasteiger charge is 2.38. The summed E-state index contributed by atoms with van der Waals surface area (Å²) in [4.78, 5) is 10.9. The van der Waals surface area contributed by atoms with Gasteiger partial charge in [0, 0.05) is 33.8 Å². The van der Waals surface area contributed by atoms with Crippen molar-refractivity contribution in [3.05, 3.63) is 0 Å². The first kappa shape index (κ1) is 15.7. The van der Waals surface area contributed by atoms with Crippen LogP contribution in [0.25, 0.3) is 0 Å². The molecule has 0 aromatic heterocycles. The predicted molar refractivity (Wildman–Crippen MR) is 61.0 cm³/mol. The summed E-state index contributed by atoms with van der Waals surface area (Å²) in [6.45, 7) is 1.64. The summed E-state index contributed by atoms with van der Waals surface area (Å²) in [5, 5.41) is 0. The first-order chi connectivity index (χ1) is 7.53. The summed E-state index contributed by atoms with van der Waals surface area (Å²) in [6.07, 6.45) is 0.202.